The van der Waals surface area contributed by atoms with Crippen LogP contribution in [-0.4, -0.2) is 35.2 Å². The number of carbonyl (C=O) groups is 1. The Morgan fingerprint density at radius 3 is 2.45 bits per heavy atom. The van der Waals surface area contributed by atoms with Crippen LogP contribution in [0, 0.1) is 0 Å². The summed E-state index contributed by atoms with van der Waals surface area (Å²) in [5.41, 5.74) is 0.811. The highest BCUT2D eigenvalue weighted by Gasteiger charge is 2.35. The van der Waals surface area contributed by atoms with Crippen LogP contribution in [0.4, 0.5) is 10.5 Å². The van der Waals surface area contributed by atoms with Crippen molar-refractivity contribution in [2.75, 3.05) is 18.4 Å². The molecule has 0 bridgehead atoms. The van der Waals surface area contributed by atoms with Crippen LogP contribution in [0.3, 0.4) is 0 Å². The van der Waals surface area contributed by atoms with E-state index in [0.717, 1.165) is 29.8 Å². The van der Waals surface area contributed by atoms with E-state index in [1.54, 1.807) is 4.90 Å². The molecule has 1 aliphatic carbocycles. The molecular weight excluding hydrogens is 364 g/mol. The van der Waals surface area contributed by atoms with E-state index in [1.807, 2.05) is 54.6 Å². The second kappa shape index (κ2) is 8.87. The van der Waals surface area contributed by atoms with Crippen LogP contribution in [0.1, 0.15) is 50.5 Å². The molecule has 2 aliphatic rings. The fourth-order valence-corrected chi connectivity index (χ4v) is 4.34. The molecule has 4 rings (SSSR count). The zero-order chi connectivity index (χ0) is 20.1. The number of ether oxygens (including phenoxy) is 1. The van der Waals surface area contributed by atoms with Crippen LogP contribution in [0.2, 0.25) is 0 Å². The minimum Gasteiger partial charge on any atom is -0.490 e. The average Bonchev–Trinajstić information content (AvgIpc) is 2.76. The van der Waals surface area contributed by atoms with Gasteiger partial charge in [0.15, 0.2) is 0 Å². The summed E-state index contributed by atoms with van der Waals surface area (Å²) in [7, 11) is 0. The molecule has 2 N–H and O–H groups in total. The maximum absolute atomic E-state index is 12.7. The first kappa shape index (κ1) is 19.8. The Morgan fingerprint density at radius 1 is 1.00 bits per heavy atom. The van der Waals surface area contributed by atoms with Gasteiger partial charge in [-0.05, 0) is 56.2 Å². The van der Waals surface area contributed by atoms with Crippen molar-refractivity contribution < 1.29 is 14.6 Å². The van der Waals surface area contributed by atoms with Gasteiger partial charge < -0.3 is 20.1 Å². The molecule has 0 aromatic heterocycles. The van der Waals surface area contributed by atoms with Crippen molar-refractivity contribution in [3.8, 4) is 5.75 Å². The van der Waals surface area contributed by atoms with Gasteiger partial charge in [-0.2, -0.15) is 0 Å². The van der Waals surface area contributed by atoms with E-state index < -0.39 is 5.60 Å². The predicted molar refractivity (Wildman–Crippen MR) is 114 cm³/mol. The fraction of sp³-hybridized carbons (Fsp3) is 0.458. The molecule has 5 heteroatoms. The van der Waals surface area contributed by atoms with Crippen molar-refractivity contribution >= 4 is 11.7 Å². The van der Waals surface area contributed by atoms with Crippen LogP contribution in [-0.2, 0) is 5.60 Å². The van der Waals surface area contributed by atoms with Gasteiger partial charge in [-0.25, -0.2) is 4.79 Å². The predicted octanol–water partition coefficient (Wildman–Crippen LogP) is 4.91. The number of amides is 2. The smallest absolute Gasteiger partial charge is 0.321 e. The molecule has 154 valence electrons. The molecule has 0 spiro atoms. The molecule has 5 nitrogen and oxygen atoms in total. The number of rotatable bonds is 4. The van der Waals surface area contributed by atoms with Gasteiger partial charge in [-0.1, -0.05) is 42.8 Å². The Kier molecular flexibility index (Phi) is 6.05. The standard InChI is InChI=1S/C24H30N2O3/c27-23(26-16-14-24(28,15-17-26)19-8-3-1-4-9-19)25-20-10-7-13-22(18-20)29-21-11-5-2-6-12-21/h1,3-4,7-10,13,18,21,28H,2,5-6,11-12,14-17H2,(H,25,27). The largest absolute Gasteiger partial charge is 0.490 e. The number of nitrogens with zero attached hydrogens (tertiary/aromatic N) is 1. The van der Waals surface area contributed by atoms with Crippen LogP contribution in [0.15, 0.2) is 54.6 Å². The Balaban J connectivity index is 1.32. The minimum absolute atomic E-state index is 0.130. The second-order valence-corrected chi connectivity index (χ2v) is 8.22. The number of anilines is 1. The van der Waals surface area contributed by atoms with Gasteiger partial charge in [0, 0.05) is 24.8 Å². The van der Waals surface area contributed by atoms with Crippen molar-refractivity contribution in [1.29, 1.82) is 0 Å². The fourth-order valence-electron chi connectivity index (χ4n) is 4.34. The molecule has 0 unspecified atom stereocenters. The van der Waals surface area contributed by atoms with Crippen molar-refractivity contribution in [2.24, 2.45) is 0 Å². The lowest BCUT2D eigenvalue weighted by Crippen LogP contribution is -2.46. The quantitative estimate of drug-likeness (QED) is 0.774. The van der Waals surface area contributed by atoms with Crippen molar-refractivity contribution in [3.05, 3.63) is 60.2 Å². The van der Waals surface area contributed by atoms with E-state index in [1.165, 1.54) is 19.3 Å². The van der Waals surface area contributed by atoms with Crippen LogP contribution < -0.4 is 10.1 Å². The van der Waals surface area contributed by atoms with Crippen LogP contribution >= 0.6 is 0 Å². The maximum Gasteiger partial charge on any atom is 0.321 e. The summed E-state index contributed by atoms with van der Waals surface area (Å²) in [4.78, 5) is 14.5. The number of aliphatic hydroxyl groups is 1. The maximum atomic E-state index is 12.7. The summed E-state index contributed by atoms with van der Waals surface area (Å²) in [6, 6.07) is 17.2. The average molecular weight is 395 g/mol. The zero-order valence-electron chi connectivity index (χ0n) is 16.8. The van der Waals surface area contributed by atoms with Crippen molar-refractivity contribution in [3.63, 3.8) is 0 Å². The first-order chi connectivity index (χ1) is 14.1. The van der Waals surface area contributed by atoms with E-state index in [2.05, 4.69) is 5.32 Å². The minimum atomic E-state index is -0.855. The first-order valence-corrected chi connectivity index (χ1v) is 10.7. The highest BCUT2D eigenvalue weighted by molar-refractivity contribution is 5.89. The van der Waals surface area contributed by atoms with Gasteiger partial charge in [-0.3, -0.25) is 0 Å². The second-order valence-electron chi connectivity index (χ2n) is 8.22. The number of nitrogens with one attached hydrogen (secondary N) is 1. The van der Waals surface area contributed by atoms with Crippen molar-refractivity contribution in [1.82, 2.24) is 4.90 Å². The number of urea groups is 1. The van der Waals surface area contributed by atoms with Gasteiger partial charge in [0.1, 0.15) is 5.75 Å². The Hall–Kier alpha value is -2.53. The molecule has 1 aliphatic heterocycles. The summed E-state index contributed by atoms with van der Waals surface area (Å²) < 4.78 is 6.10. The van der Waals surface area contributed by atoms with E-state index in [-0.39, 0.29) is 12.1 Å². The Bertz CT molecular complexity index is 810. The van der Waals surface area contributed by atoms with Gasteiger partial charge in [0.2, 0.25) is 0 Å². The zero-order valence-corrected chi connectivity index (χ0v) is 16.8. The third-order valence-electron chi connectivity index (χ3n) is 6.13. The summed E-state index contributed by atoms with van der Waals surface area (Å²) >= 11 is 0. The number of hydrogen-bond acceptors (Lipinski definition) is 3. The third-order valence-corrected chi connectivity index (χ3v) is 6.13. The topological polar surface area (TPSA) is 61.8 Å². The molecule has 2 amide bonds. The Morgan fingerprint density at radius 2 is 1.72 bits per heavy atom. The molecule has 2 aromatic carbocycles. The summed E-state index contributed by atoms with van der Waals surface area (Å²) in [5.74, 6) is 0.812. The van der Waals surface area contributed by atoms with E-state index in [0.29, 0.717) is 25.9 Å². The number of benzene rings is 2. The third kappa shape index (κ3) is 4.91. The lowest BCUT2D eigenvalue weighted by Gasteiger charge is -2.38. The summed E-state index contributed by atoms with van der Waals surface area (Å²) in [6.45, 7) is 1.05. The van der Waals surface area contributed by atoms with Crippen molar-refractivity contribution in [2.45, 2.75) is 56.7 Å². The number of hydrogen-bond donors (Lipinski definition) is 2. The number of carbonyl (C=O) groups excluding carboxylic acids is 1. The molecule has 1 heterocycles. The molecule has 29 heavy (non-hydrogen) atoms. The van der Waals surface area contributed by atoms with E-state index in [9.17, 15) is 9.90 Å². The Labute approximate surface area is 172 Å². The van der Waals surface area contributed by atoms with Crippen LogP contribution in [0.25, 0.3) is 0 Å². The molecule has 0 atom stereocenters. The SMILES string of the molecule is O=C(Nc1cccc(OC2CCCCC2)c1)N1CCC(O)(c2ccccc2)CC1. The van der Waals surface area contributed by atoms with Gasteiger partial charge in [0.05, 0.1) is 11.7 Å². The lowest BCUT2D eigenvalue weighted by atomic mass is 9.84. The van der Waals surface area contributed by atoms with Crippen LogP contribution in [0.5, 0.6) is 5.75 Å². The van der Waals surface area contributed by atoms with E-state index >= 15 is 0 Å². The highest BCUT2D eigenvalue weighted by Crippen LogP contribution is 2.33. The van der Waals surface area contributed by atoms with Gasteiger partial charge in [0.25, 0.3) is 0 Å². The molecule has 0 radical (unpaired) electrons. The summed E-state index contributed by atoms with van der Waals surface area (Å²) in [5, 5.41) is 13.9. The monoisotopic (exact) mass is 394 g/mol. The summed E-state index contributed by atoms with van der Waals surface area (Å²) in [6.07, 6.45) is 7.32. The normalized spacial score (nSPS) is 19.6. The first-order valence-electron chi connectivity index (χ1n) is 10.7. The molecule has 2 fully saturated rings. The lowest BCUT2D eigenvalue weighted by molar-refractivity contribution is -0.0156. The molecule has 2 aromatic rings. The molecule has 1 saturated heterocycles. The highest BCUT2D eigenvalue weighted by atomic mass is 16.5. The van der Waals surface area contributed by atoms with Gasteiger partial charge in [-0.15, -0.1) is 0 Å². The molecule has 1 saturated carbocycles. The number of likely N-dealkylation sites (tertiary alicyclic amines) is 1. The molecular formula is C24H30N2O3. The van der Waals surface area contributed by atoms with Gasteiger partial charge >= 0.3 is 6.03 Å². The number of piperidine rings is 1. The van der Waals surface area contributed by atoms with E-state index in [4.69, 9.17) is 4.74 Å².